The molecule has 2 rings (SSSR count). The number of nitrogens with zero attached hydrogens (tertiary/aromatic N) is 4. The van der Waals surface area contributed by atoms with Crippen molar-refractivity contribution < 1.29 is 4.79 Å². The molecule has 1 aliphatic rings. The van der Waals surface area contributed by atoms with E-state index >= 15 is 0 Å². The molecule has 100 valence electrons. The molecule has 1 fully saturated rings. The highest BCUT2D eigenvalue weighted by Crippen LogP contribution is 2.10. The summed E-state index contributed by atoms with van der Waals surface area (Å²) in [5.74, 6) is -0.139. The van der Waals surface area contributed by atoms with E-state index in [9.17, 15) is 4.79 Å². The zero-order chi connectivity index (χ0) is 13.0. The molecule has 7 nitrogen and oxygen atoms in total. The molecule has 0 radical (unpaired) electrons. The van der Waals surface area contributed by atoms with E-state index in [2.05, 4.69) is 20.5 Å². The Kier molecular flexibility index (Phi) is 4.27. The zero-order valence-corrected chi connectivity index (χ0v) is 10.7. The van der Waals surface area contributed by atoms with Crippen molar-refractivity contribution in [3.63, 3.8) is 0 Å². The standard InChI is InChI=1S/C11H20N6O/c1-16-8-10(14-15-16)11(18)13-9-2-5-17(6-3-9)7-4-12/h8-9H,2-7,12H2,1H3,(H,13,18). The summed E-state index contributed by atoms with van der Waals surface area (Å²) < 4.78 is 1.53. The topological polar surface area (TPSA) is 89.1 Å². The van der Waals surface area contributed by atoms with Gasteiger partial charge in [0.1, 0.15) is 0 Å². The minimum Gasteiger partial charge on any atom is -0.348 e. The van der Waals surface area contributed by atoms with Crippen molar-refractivity contribution in [3.8, 4) is 0 Å². The molecule has 0 saturated carbocycles. The number of hydrogen-bond donors (Lipinski definition) is 2. The van der Waals surface area contributed by atoms with Gasteiger partial charge in [-0.25, -0.2) is 0 Å². The first-order valence-electron chi connectivity index (χ1n) is 6.28. The van der Waals surface area contributed by atoms with Gasteiger partial charge < -0.3 is 16.0 Å². The Labute approximate surface area is 106 Å². The first-order chi connectivity index (χ1) is 8.69. The number of nitrogens with two attached hydrogens (primary N) is 1. The second kappa shape index (κ2) is 5.92. The quantitative estimate of drug-likeness (QED) is 0.715. The van der Waals surface area contributed by atoms with Gasteiger partial charge in [-0.1, -0.05) is 5.21 Å². The predicted octanol–water partition coefficient (Wildman–Crippen LogP) is -1.03. The first kappa shape index (κ1) is 13.0. The smallest absolute Gasteiger partial charge is 0.273 e. The molecule has 1 aromatic heterocycles. The summed E-state index contributed by atoms with van der Waals surface area (Å²) in [7, 11) is 1.75. The molecule has 0 bridgehead atoms. The summed E-state index contributed by atoms with van der Waals surface area (Å²) in [4.78, 5) is 14.2. The van der Waals surface area contributed by atoms with Crippen molar-refractivity contribution in [2.45, 2.75) is 18.9 Å². The number of rotatable bonds is 4. The van der Waals surface area contributed by atoms with Crippen LogP contribution in [-0.4, -0.2) is 58.0 Å². The van der Waals surface area contributed by atoms with E-state index < -0.39 is 0 Å². The summed E-state index contributed by atoms with van der Waals surface area (Å²) in [5, 5.41) is 10.5. The lowest BCUT2D eigenvalue weighted by atomic mass is 10.0. The van der Waals surface area contributed by atoms with Crippen LogP contribution in [0.1, 0.15) is 23.3 Å². The lowest BCUT2D eigenvalue weighted by molar-refractivity contribution is 0.0907. The molecule has 18 heavy (non-hydrogen) atoms. The van der Waals surface area contributed by atoms with Crippen LogP contribution in [0.2, 0.25) is 0 Å². The van der Waals surface area contributed by atoms with Gasteiger partial charge in [-0.3, -0.25) is 9.48 Å². The Morgan fingerprint density at radius 1 is 1.56 bits per heavy atom. The molecule has 0 unspecified atom stereocenters. The van der Waals surface area contributed by atoms with E-state index in [0.29, 0.717) is 12.2 Å². The van der Waals surface area contributed by atoms with Crippen LogP contribution in [-0.2, 0) is 7.05 Å². The third-order valence-corrected chi connectivity index (χ3v) is 3.20. The van der Waals surface area contributed by atoms with Crippen molar-refractivity contribution in [3.05, 3.63) is 11.9 Å². The van der Waals surface area contributed by atoms with Gasteiger partial charge in [-0.05, 0) is 12.8 Å². The van der Waals surface area contributed by atoms with Crippen molar-refractivity contribution >= 4 is 5.91 Å². The number of carbonyl (C=O) groups is 1. The molecule has 0 atom stereocenters. The summed E-state index contributed by atoms with van der Waals surface area (Å²) >= 11 is 0. The van der Waals surface area contributed by atoms with Crippen LogP contribution in [0.3, 0.4) is 0 Å². The van der Waals surface area contributed by atoms with Gasteiger partial charge in [0, 0.05) is 39.3 Å². The van der Waals surface area contributed by atoms with Crippen LogP contribution in [0.4, 0.5) is 0 Å². The van der Waals surface area contributed by atoms with Crippen LogP contribution < -0.4 is 11.1 Å². The van der Waals surface area contributed by atoms with Gasteiger partial charge in [0.05, 0.1) is 6.20 Å². The number of nitrogens with one attached hydrogen (secondary N) is 1. The fourth-order valence-corrected chi connectivity index (χ4v) is 2.19. The molecule has 1 saturated heterocycles. The second-order valence-corrected chi connectivity index (χ2v) is 4.66. The fourth-order valence-electron chi connectivity index (χ4n) is 2.19. The van der Waals surface area contributed by atoms with Crippen LogP contribution >= 0.6 is 0 Å². The van der Waals surface area contributed by atoms with Gasteiger partial charge >= 0.3 is 0 Å². The highest BCUT2D eigenvalue weighted by molar-refractivity contribution is 5.92. The molecule has 2 heterocycles. The number of aryl methyl sites for hydroxylation is 1. The Bertz CT molecular complexity index is 396. The number of amides is 1. The maximum absolute atomic E-state index is 11.9. The third-order valence-electron chi connectivity index (χ3n) is 3.20. The number of piperidine rings is 1. The minimum atomic E-state index is -0.139. The summed E-state index contributed by atoms with van der Waals surface area (Å²) in [6, 6.07) is 0.230. The molecule has 0 aliphatic carbocycles. The Morgan fingerprint density at radius 2 is 2.28 bits per heavy atom. The van der Waals surface area contributed by atoms with Gasteiger partial charge in [0.25, 0.3) is 5.91 Å². The van der Waals surface area contributed by atoms with E-state index in [4.69, 9.17) is 5.73 Å². The second-order valence-electron chi connectivity index (χ2n) is 4.66. The van der Waals surface area contributed by atoms with Crippen LogP contribution in [0, 0.1) is 0 Å². The molecule has 0 aromatic carbocycles. The van der Waals surface area contributed by atoms with Crippen LogP contribution in [0.25, 0.3) is 0 Å². The molecule has 1 aliphatic heterocycles. The van der Waals surface area contributed by atoms with E-state index in [1.54, 1.807) is 13.2 Å². The number of aromatic nitrogens is 3. The van der Waals surface area contributed by atoms with E-state index in [-0.39, 0.29) is 11.9 Å². The van der Waals surface area contributed by atoms with Crippen molar-refractivity contribution in [1.29, 1.82) is 0 Å². The van der Waals surface area contributed by atoms with Crippen molar-refractivity contribution in [2.24, 2.45) is 12.8 Å². The fraction of sp³-hybridized carbons (Fsp3) is 0.727. The monoisotopic (exact) mass is 252 g/mol. The summed E-state index contributed by atoms with van der Waals surface area (Å²) in [6.07, 6.45) is 3.55. The van der Waals surface area contributed by atoms with Crippen LogP contribution in [0.15, 0.2) is 6.20 Å². The average molecular weight is 252 g/mol. The van der Waals surface area contributed by atoms with Crippen molar-refractivity contribution in [1.82, 2.24) is 25.2 Å². The van der Waals surface area contributed by atoms with E-state index in [1.165, 1.54) is 4.68 Å². The predicted molar refractivity (Wildman–Crippen MR) is 67.0 cm³/mol. The molecule has 1 amide bonds. The number of carbonyl (C=O) groups excluding carboxylic acids is 1. The van der Waals surface area contributed by atoms with Gasteiger partial charge in [-0.2, -0.15) is 0 Å². The van der Waals surface area contributed by atoms with Crippen LogP contribution in [0.5, 0.6) is 0 Å². The molecule has 3 N–H and O–H groups in total. The molecule has 7 heteroatoms. The average Bonchev–Trinajstić information content (AvgIpc) is 2.79. The van der Waals surface area contributed by atoms with Gasteiger partial charge in [-0.15, -0.1) is 5.10 Å². The van der Waals surface area contributed by atoms with E-state index in [0.717, 1.165) is 32.5 Å². The molecular weight excluding hydrogens is 232 g/mol. The Balaban J connectivity index is 1.79. The normalized spacial score (nSPS) is 17.9. The van der Waals surface area contributed by atoms with E-state index in [1.807, 2.05) is 0 Å². The Morgan fingerprint density at radius 3 is 2.83 bits per heavy atom. The largest absolute Gasteiger partial charge is 0.348 e. The number of hydrogen-bond acceptors (Lipinski definition) is 5. The first-order valence-corrected chi connectivity index (χ1v) is 6.28. The molecular formula is C11H20N6O. The SMILES string of the molecule is Cn1cc(C(=O)NC2CCN(CCN)CC2)nn1. The maximum atomic E-state index is 11.9. The minimum absolute atomic E-state index is 0.139. The molecule has 1 aromatic rings. The highest BCUT2D eigenvalue weighted by Gasteiger charge is 2.21. The lowest BCUT2D eigenvalue weighted by Gasteiger charge is -2.31. The third kappa shape index (κ3) is 3.27. The maximum Gasteiger partial charge on any atom is 0.273 e. The lowest BCUT2D eigenvalue weighted by Crippen LogP contribution is -2.45. The summed E-state index contributed by atoms with van der Waals surface area (Å²) in [5.41, 5.74) is 5.90. The number of likely N-dealkylation sites (tertiary alicyclic amines) is 1. The highest BCUT2D eigenvalue weighted by atomic mass is 16.2. The van der Waals surface area contributed by atoms with Gasteiger partial charge in [0.2, 0.25) is 0 Å². The zero-order valence-electron chi connectivity index (χ0n) is 10.7. The Hall–Kier alpha value is -1.47. The summed E-state index contributed by atoms with van der Waals surface area (Å²) in [6.45, 7) is 3.60. The van der Waals surface area contributed by atoms with Crippen molar-refractivity contribution in [2.75, 3.05) is 26.2 Å². The molecule has 0 spiro atoms. The van der Waals surface area contributed by atoms with Gasteiger partial charge in [0.15, 0.2) is 5.69 Å².